The molecule has 1 N–H and O–H groups in total. The summed E-state index contributed by atoms with van der Waals surface area (Å²) in [6.45, 7) is 2.13. The van der Waals surface area contributed by atoms with Crippen LogP contribution in [0.1, 0.15) is 38.2 Å². The van der Waals surface area contributed by atoms with Gasteiger partial charge in [0.15, 0.2) is 0 Å². The second kappa shape index (κ2) is 8.12. The Labute approximate surface area is 98.8 Å². The molecule has 0 spiro atoms. The van der Waals surface area contributed by atoms with Crippen LogP contribution in [0.25, 0.3) is 0 Å². The molecule has 1 atom stereocenters. The van der Waals surface area contributed by atoms with Gasteiger partial charge < -0.3 is 5.11 Å². The average molecular weight is 218 g/mol. The van der Waals surface area contributed by atoms with Crippen molar-refractivity contribution in [2.24, 2.45) is 0 Å². The molecule has 0 fully saturated rings. The maximum absolute atomic E-state index is 9.78. The van der Waals surface area contributed by atoms with E-state index in [-0.39, 0.29) is 6.10 Å². The molecule has 0 heterocycles. The molecule has 88 valence electrons. The van der Waals surface area contributed by atoms with Gasteiger partial charge in [0.05, 0.1) is 6.10 Å². The first-order valence-electron chi connectivity index (χ1n) is 6.20. The van der Waals surface area contributed by atoms with E-state index in [0.29, 0.717) is 0 Å². The number of aryl methyl sites for hydroxylation is 1. The third-order valence-electron chi connectivity index (χ3n) is 2.68. The van der Waals surface area contributed by atoms with Crippen molar-refractivity contribution in [3.05, 3.63) is 48.0 Å². The van der Waals surface area contributed by atoms with Crippen molar-refractivity contribution >= 4 is 0 Å². The molecule has 1 unspecified atom stereocenters. The third-order valence-corrected chi connectivity index (χ3v) is 2.68. The molecule has 0 saturated heterocycles. The number of aliphatic hydroxyl groups is 1. The van der Waals surface area contributed by atoms with E-state index in [1.54, 1.807) is 0 Å². The van der Waals surface area contributed by atoms with Crippen molar-refractivity contribution in [3.63, 3.8) is 0 Å². The molecule has 0 aliphatic carbocycles. The van der Waals surface area contributed by atoms with Crippen molar-refractivity contribution in [2.45, 2.75) is 45.1 Å². The normalized spacial score (nSPS) is 13.1. The van der Waals surface area contributed by atoms with Gasteiger partial charge in [-0.25, -0.2) is 0 Å². The Morgan fingerprint density at radius 3 is 2.56 bits per heavy atom. The molecule has 0 saturated carbocycles. The lowest BCUT2D eigenvalue weighted by molar-refractivity contribution is 0.156. The molecule has 0 aliphatic rings. The van der Waals surface area contributed by atoms with E-state index in [0.717, 1.165) is 32.1 Å². The van der Waals surface area contributed by atoms with Crippen LogP contribution in [0, 0.1) is 0 Å². The SMILES string of the molecule is CCC=CCCC(O)CCc1ccccc1. The van der Waals surface area contributed by atoms with Crippen LogP contribution < -0.4 is 0 Å². The molecule has 1 aromatic rings. The van der Waals surface area contributed by atoms with Gasteiger partial charge in [-0.2, -0.15) is 0 Å². The molecular formula is C15H22O. The Morgan fingerprint density at radius 2 is 1.88 bits per heavy atom. The first kappa shape index (κ1) is 13.0. The molecule has 0 aromatic heterocycles. The van der Waals surface area contributed by atoms with E-state index in [2.05, 4.69) is 31.2 Å². The molecule has 1 aromatic carbocycles. The summed E-state index contributed by atoms with van der Waals surface area (Å²) in [6.07, 6.45) is 8.94. The monoisotopic (exact) mass is 218 g/mol. The highest BCUT2D eigenvalue weighted by Crippen LogP contribution is 2.09. The summed E-state index contributed by atoms with van der Waals surface area (Å²) in [6, 6.07) is 10.3. The average Bonchev–Trinajstić information content (AvgIpc) is 2.33. The van der Waals surface area contributed by atoms with Crippen LogP contribution >= 0.6 is 0 Å². The van der Waals surface area contributed by atoms with Crippen LogP contribution in [0.3, 0.4) is 0 Å². The number of benzene rings is 1. The summed E-state index contributed by atoms with van der Waals surface area (Å²) in [7, 11) is 0. The largest absolute Gasteiger partial charge is 0.393 e. The number of hydrogen-bond donors (Lipinski definition) is 1. The first-order valence-corrected chi connectivity index (χ1v) is 6.20. The summed E-state index contributed by atoms with van der Waals surface area (Å²) < 4.78 is 0. The van der Waals surface area contributed by atoms with E-state index in [9.17, 15) is 5.11 Å². The van der Waals surface area contributed by atoms with Crippen molar-refractivity contribution in [2.75, 3.05) is 0 Å². The van der Waals surface area contributed by atoms with Crippen molar-refractivity contribution in [1.82, 2.24) is 0 Å². The number of hydrogen-bond acceptors (Lipinski definition) is 1. The highest BCUT2D eigenvalue weighted by molar-refractivity contribution is 5.14. The summed E-state index contributed by atoms with van der Waals surface area (Å²) in [5, 5.41) is 9.78. The molecule has 0 aliphatic heterocycles. The minimum Gasteiger partial charge on any atom is -0.393 e. The van der Waals surface area contributed by atoms with Gasteiger partial charge in [-0.1, -0.05) is 49.4 Å². The van der Waals surface area contributed by atoms with Crippen LogP contribution in [0.2, 0.25) is 0 Å². The molecule has 16 heavy (non-hydrogen) atoms. The van der Waals surface area contributed by atoms with Crippen molar-refractivity contribution in [3.8, 4) is 0 Å². The predicted molar refractivity (Wildman–Crippen MR) is 69.4 cm³/mol. The van der Waals surface area contributed by atoms with Gasteiger partial charge in [-0.3, -0.25) is 0 Å². The Balaban J connectivity index is 2.15. The maximum Gasteiger partial charge on any atom is 0.0546 e. The Morgan fingerprint density at radius 1 is 1.12 bits per heavy atom. The first-order chi connectivity index (χ1) is 7.83. The maximum atomic E-state index is 9.78. The predicted octanol–water partition coefficient (Wildman–Crippen LogP) is 3.73. The van der Waals surface area contributed by atoms with Gasteiger partial charge >= 0.3 is 0 Å². The second-order valence-electron chi connectivity index (χ2n) is 4.14. The zero-order chi connectivity index (χ0) is 11.6. The van der Waals surface area contributed by atoms with E-state index >= 15 is 0 Å². The van der Waals surface area contributed by atoms with Crippen molar-refractivity contribution in [1.29, 1.82) is 0 Å². The number of rotatable bonds is 7. The molecule has 0 amide bonds. The topological polar surface area (TPSA) is 20.2 Å². The lowest BCUT2D eigenvalue weighted by atomic mass is 10.0. The number of aliphatic hydroxyl groups excluding tert-OH is 1. The third kappa shape index (κ3) is 5.72. The van der Waals surface area contributed by atoms with Gasteiger partial charge in [0, 0.05) is 0 Å². The fourth-order valence-corrected chi connectivity index (χ4v) is 1.70. The zero-order valence-electron chi connectivity index (χ0n) is 10.1. The quantitative estimate of drug-likeness (QED) is 0.691. The molecule has 0 bridgehead atoms. The standard InChI is InChI=1S/C15H22O/c1-2-3-4-8-11-15(16)13-12-14-9-6-5-7-10-14/h3-7,9-10,15-16H,2,8,11-13H2,1H3. The Bertz CT molecular complexity index is 290. The summed E-state index contributed by atoms with van der Waals surface area (Å²) in [4.78, 5) is 0. The van der Waals surface area contributed by atoms with Gasteiger partial charge in [0.2, 0.25) is 0 Å². The molecule has 1 nitrogen and oxygen atoms in total. The van der Waals surface area contributed by atoms with Crippen LogP contribution in [-0.4, -0.2) is 11.2 Å². The molecule has 0 radical (unpaired) electrons. The van der Waals surface area contributed by atoms with Crippen LogP contribution in [0.5, 0.6) is 0 Å². The second-order valence-corrected chi connectivity index (χ2v) is 4.14. The summed E-state index contributed by atoms with van der Waals surface area (Å²) in [5.41, 5.74) is 1.31. The van der Waals surface area contributed by atoms with E-state index in [4.69, 9.17) is 0 Å². The lowest BCUT2D eigenvalue weighted by Gasteiger charge is -2.08. The smallest absolute Gasteiger partial charge is 0.0546 e. The van der Waals surface area contributed by atoms with Crippen LogP contribution in [0.4, 0.5) is 0 Å². The highest BCUT2D eigenvalue weighted by atomic mass is 16.3. The molecular weight excluding hydrogens is 196 g/mol. The minimum atomic E-state index is -0.165. The lowest BCUT2D eigenvalue weighted by Crippen LogP contribution is -2.07. The molecule has 1 heteroatoms. The molecule has 1 rings (SSSR count). The fraction of sp³-hybridized carbons (Fsp3) is 0.467. The van der Waals surface area contributed by atoms with E-state index in [1.165, 1.54) is 5.56 Å². The number of allylic oxidation sites excluding steroid dienone is 2. The van der Waals surface area contributed by atoms with E-state index in [1.807, 2.05) is 18.2 Å². The fourth-order valence-electron chi connectivity index (χ4n) is 1.70. The van der Waals surface area contributed by atoms with Gasteiger partial charge in [-0.05, 0) is 37.7 Å². The summed E-state index contributed by atoms with van der Waals surface area (Å²) in [5.74, 6) is 0. The van der Waals surface area contributed by atoms with Crippen LogP contribution in [0.15, 0.2) is 42.5 Å². The zero-order valence-corrected chi connectivity index (χ0v) is 10.1. The Hall–Kier alpha value is -1.08. The van der Waals surface area contributed by atoms with Gasteiger partial charge in [-0.15, -0.1) is 0 Å². The highest BCUT2D eigenvalue weighted by Gasteiger charge is 2.02. The van der Waals surface area contributed by atoms with E-state index < -0.39 is 0 Å². The Kier molecular flexibility index (Phi) is 6.59. The summed E-state index contributed by atoms with van der Waals surface area (Å²) >= 11 is 0. The van der Waals surface area contributed by atoms with Crippen LogP contribution in [-0.2, 0) is 6.42 Å². The van der Waals surface area contributed by atoms with Gasteiger partial charge in [0.25, 0.3) is 0 Å². The van der Waals surface area contributed by atoms with Crippen molar-refractivity contribution < 1.29 is 5.11 Å². The van der Waals surface area contributed by atoms with Gasteiger partial charge in [0.1, 0.15) is 0 Å². The minimum absolute atomic E-state index is 0.165.